The molecule has 1 saturated carbocycles. The maximum atomic E-state index is 6.14. The Kier molecular flexibility index (Phi) is 1.83. The van der Waals surface area contributed by atoms with Gasteiger partial charge in [-0.25, -0.2) is 9.97 Å². The molecule has 0 amide bonds. The van der Waals surface area contributed by atoms with E-state index in [-0.39, 0.29) is 5.54 Å². The molecule has 1 aliphatic rings. The first kappa shape index (κ1) is 9.73. The molecule has 16 heavy (non-hydrogen) atoms. The van der Waals surface area contributed by atoms with Crippen molar-refractivity contribution in [2.45, 2.75) is 32.2 Å². The summed E-state index contributed by atoms with van der Waals surface area (Å²) in [6.07, 6.45) is 2.01. The van der Waals surface area contributed by atoms with E-state index in [2.05, 4.69) is 23.0 Å². The first-order valence-electron chi connectivity index (χ1n) is 5.63. The Hall–Kier alpha value is -1.48. The molecule has 0 aliphatic heterocycles. The summed E-state index contributed by atoms with van der Waals surface area (Å²) in [5.41, 5.74) is 9.17. The van der Waals surface area contributed by atoms with Gasteiger partial charge < -0.3 is 5.73 Å². The highest BCUT2D eigenvalue weighted by Gasteiger charge is 2.43. The van der Waals surface area contributed by atoms with Gasteiger partial charge in [-0.1, -0.05) is 12.1 Å². The first-order chi connectivity index (χ1) is 7.60. The highest BCUT2D eigenvalue weighted by molar-refractivity contribution is 5.84. The maximum Gasteiger partial charge on any atom is 0.149 e. The zero-order chi connectivity index (χ0) is 11.3. The number of rotatable bonds is 1. The zero-order valence-corrected chi connectivity index (χ0v) is 9.62. The molecule has 3 nitrogen and oxygen atoms in total. The minimum absolute atomic E-state index is 0.247. The molecule has 2 aromatic rings. The van der Waals surface area contributed by atoms with Crippen LogP contribution in [0, 0.1) is 13.8 Å². The van der Waals surface area contributed by atoms with E-state index >= 15 is 0 Å². The number of benzene rings is 1. The summed E-state index contributed by atoms with van der Waals surface area (Å²) in [4.78, 5) is 9.15. The van der Waals surface area contributed by atoms with Gasteiger partial charge in [-0.3, -0.25) is 0 Å². The molecule has 3 rings (SSSR count). The molecule has 82 valence electrons. The lowest BCUT2D eigenvalue weighted by molar-refractivity contribution is 0.674. The van der Waals surface area contributed by atoms with Crippen LogP contribution in [0.4, 0.5) is 0 Å². The molecule has 0 radical (unpaired) electrons. The molecule has 1 aromatic heterocycles. The maximum absolute atomic E-state index is 6.14. The van der Waals surface area contributed by atoms with Gasteiger partial charge in [0.2, 0.25) is 0 Å². The number of hydrogen-bond donors (Lipinski definition) is 1. The van der Waals surface area contributed by atoms with Crippen molar-refractivity contribution >= 4 is 10.9 Å². The van der Waals surface area contributed by atoms with Gasteiger partial charge >= 0.3 is 0 Å². The van der Waals surface area contributed by atoms with E-state index in [0.29, 0.717) is 0 Å². The van der Waals surface area contributed by atoms with Crippen molar-refractivity contribution in [2.24, 2.45) is 5.73 Å². The fourth-order valence-corrected chi connectivity index (χ4v) is 2.15. The Morgan fingerprint density at radius 2 is 1.94 bits per heavy atom. The lowest BCUT2D eigenvalue weighted by Crippen LogP contribution is -2.22. The summed E-state index contributed by atoms with van der Waals surface area (Å²) >= 11 is 0. The van der Waals surface area contributed by atoms with Gasteiger partial charge in [0.1, 0.15) is 5.82 Å². The fourth-order valence-electron chi connectivity index (χ4n) is 2.15. The van der Waals surface area contributed by atoms with Crippen LogP contribution in [0.1, 0.15) is 29.9 Å². The molecule has 0 unspecified atom stereocenters. The summed E-state index contributed by atoms with van der Waals surface area (Å²) < 4.78 is 0. The number of hydrogen-bond acceptors (Lipinski definition) is 3. The van der Waals surface area contributed by atoms with Gasteiger partial charge in [-0.15, -0.1) is 0 Å². The van der Waals surface area contributed by atoms with E-state index in [9.17, 15) is 0 Å². The highest BCUT2D eigenvalue weighted by Crippen LogP contribution is 2.41. The molecule has 0 spiro atoms. The third-order valence-corrected chi connectivity index (χ3v) is 3.35. The summed E-state index contributed by atoms with van der Waals surface area (Å²) in [5.74, 6) is 0.808. The van der Waals surface area contributed by atoms with Crippen LogP contribution in [0.2, 0.25) is 0 Å². The van der Waals surface area contributed by atoms with E-state index in [1.54, 1.807) is 0 Å². The van der Waals surface area contributed by atoms with E-state index in [1.165, 1.54) is 5.56 Å². The van der Waals surface area contributed by atoms with Crippen LogP contribution in [0.5, 0.6) is 0 Å². The molecule has 1 aliphatic carbocycles. The average molecular weight is 213 g/mol. The van der Waals surface area contributed by atoms with Crippen molar-refractivity contribution in [3.63, 3.8) is 0 Å². The number of aryl methyl sites for hydroxylation is 2. The van der Waals surface area contributed by atoms with Gasteiger partial charge in [-0.05, 0) is 38.3 Å². The van der Waals surface area contributed by atoms with Crippen molar-refractivity contribution in [1.29, 1.82) is 0 Å². The third kappa shape index (κ3) is 1.32. The van der Waals surface area contributed by atoms with Gasteiger partial charge in [0, 0.05) is 11.1 Å². The van der Waals surface area contributed by atoms with Crippen molar-refractivity contribution in [1.82, 2.24) is 9.97 Å². The Labute approximate surface area is 94.7 Å². The third-order valence-electron chi connectivity index (χ3n) is 3.35. The SMILES string of the molecule is Cc1cccc2nc(C3(N)CC3)nc(C)c12. The van der Waals surface area contributed by atoms with Crippen LogP contribution in [0.3, 0.4) is 0 Å². The standard InChI is InChI=1S/C13H15N3/c1-8-4-3-5-10-11(8)9(2)15-12(16-10)13(14)6-7-13/h3-5H,6-7,14H2,1-2H3. The van der Waals surface area contributed by atoms with Gasteiger partial charge in [-0.2, -0.15) is 0 Å². The number of aromatic nitrogens is 2. The molecule has 1 fully saturated rings. The number of fused-ring (bicyclic) bond motifs is 1. The Morgan fingerprint density at radius 3 is 2.62 bits per heavy atom. The molecular formula is C13H15N3. The van der Waals surface area contributed by atoms with Crippen LogP contribution < -0.4 is 5.73 Å². The van der Waals surface area contributed by atoms with Crippen LogP contribution in [0.25, 0.3) is 10.9 Å². The lowest BCUT2D eigenvalue weighted by Gasteiger charge is -2.11. The van der Waals surface area contributed by atoms with Gasteiger partial charge in [0.15, 0.2) is 0 Å². The van der Waals surface area contributed by atoms with E-state index in [0.717, 1.165) is 35.3 Å². The molecule has 0 bridgehead atoms. The van der Waals surface area contributed by atoms with E-state index in [1.807, 2.05) is 19.1 Å². The fraction of sp³-hybridized carbons (Fsp3) is 0.385. The van der Waals surface area contributed by atoms with Gasteiger partial charge in [0.25, 0.3) is 0 Å². The van der Waals surface area contributed by atoms with Crippen LogP contribution >= 0.6 is 0 Å². The second-order valence-electron chi connectivity index (χ2n) is 4.76. The quantitative estimate of drug-likeness (QED) is 0.790. The molecule has 0 saturated heterocycles. The minimum atomic E-state index is -0.247. The van der Waals surface area contributed by atoms with Gasteiger partial charge in [0.05, 0.1) is 11.1 Å². The van der Waals surface area contributed by atoms with E-state index < -0.39 is 0 Å². The van der Waals surface area contributed by atoms with Crippen LogP contribution in [0.15, 0.2) is 18.2 Å². The second kappa shape index (κ2) is 3.01. The predicted octanol–water partition coefficient (Wildman–Crippen LogP) is 2.19. The molecular weight excluding hydrogens is 198 g/mol. The topological polar surface area (TPSA) is 51.8 Å². The lowest BCUT2D eigenvalue weighted by atomic mass is 10.1. The molecule has 3 heteroatoms. The van der Waals surface area contributed by atoms with Crippen molar-refractivity contribution in [3.05, 3.63) is 35.3 Å². The van der Waals surface area contributed by atoms with Crippen molar-refractivity contribution in [2.75, 3.05) is 0 Å². The smallest absolute Gasteiger partial charge is 0.149 e. The first-order valence-corrected chi connectivity index (χ1v) is 5.63. The Morgan fingerprint density at radius 1 is 1.19 bits per heavy atom. The molecule has 2 N–H and O–H groups in total. The second-order valence-corrected chi connectivity index (χ2v) is 4.76. The largest absolute Gasteiger partial charge is 0.319 e. The summed E-state index contributed by atoms with van der Waals surface area (Å²) in [5, 5.41) is 1.16. The average Bonchev–Trinajstić information content (AvgIpc) is 2.97. The van der Waals surface area contributed by atoms with Crippen LogP contribution in [-0.2, 0) is 5.54 Å². The van der Waals surface area contributed by atoms with E-state index in [4.69, 9.17) is 5.73 Å². The Bertz CT molecular complexity index is 571. The number of nitrogens with two attached hydrogens (primary N) is 1. The zero-order valence-electron chi connectivity index (χ0n) is 9.62. The van der Waals surface area contributed by atoms with Crippen LogP contribution in [-0.4, -0.2) is 9.97 Å². The molecule has 0 atom stereocenters. The normalized spacial score (nSPS) is 17.7. The highest BCUT2D eigenvalue weighted by atomic mass is 15.0. The number of nitrogens with zero attached hydrogens (tertiary/aromatic N) is 2. The Balaban J connectivity index is 2.31. The monoisotopic (exact) mass is 213 g/mol. The molecule has 1 heterocycles. The van der Waals surface area contributed by atoms with Crippen molar-refractivity contribution in [3.8, 4) is 0 Å². The minimum Gasteiger partial charge on any atom is -0.319 e. The summed E-state index contributed by atoms with van der Waals surface area (Å²) in [6.45, 7) is 4.12. The summed E-state index contributed by atoms with van der Waals surface area (Å²) in [6, 6.07) is 6.16. The summed E-state index contributed by atoms with van der Waals surface area (Å²) in [7, 11) is 0. The predicted molar refractivity (Wildman–Crippen MR) is 64.1 cm³/mol. The molecule has 1 aromatic carbocycles. The van der Waals surface area contributed by atoms with Crippen molar-refractivity contribution < 1.29 is 0 Å².